The maximum atomic E-state index is 11.1. The van der Waals surface area contributed by atoms with Crippen LogP contribution in [0.4, 0.5) is 0 Å². The quantitative estimate of drug-likeness (QED) is 0.472. The summed E-state index contributed by atoms with van der Waals surface area (Å²) in [5, 5.41) is 19.7. The monoisotopic (exact) mass is 219 g/mol. The summed E-state index contributed by atoms with van der Waals surface area (Å²) in [7, 11) is 1.56. The van der Waals surface area contributed by atoms with Gasteiger partial charge in [-0.05, 0) is 6.42 Å². The number of carbonyl (C=O) groups excluding carboxylic acids is 1. The number of aliphatic hydroxyl groups is 1. The van der Waals surface area contributed by atoms with Gasteiger partial charge in [-0.15, -0.1) is 0 Å². The van der Waals surface area contributed by atoms with Crippen molar-refractivity contribution < 1.29 is 24.5 Å². The molecule has 0 bridgehead atoms. The molecule has 1 atom stereocenters. The van der Waals surface area contributed by atoms with Crippen LogP contribution in [0.2, 0.25) is 0 Å². The molecule has 0 fully saturated rings. The second kappa shape index (κ2) is 8.19. The Morgan fingerprint density at radius 3 is 2.67 bits per heavy atom. The van der Waals surface area contributed by atoms with E-state index in [-0.39, 0.29) is 18.9 Å². The fraction of sp³-hybridized carbons (Fsp3) is 0.778. The number of nitrogens with one attached hydrogen (secondary N) is 1. The third-order valence-corrected chi connectivity index (χ3v) is 1.78. The van der Waals surface area contributed by atoms with Gasteiger partial charge in [-0.25, -0.2) is 4.79 Å². The molecule has 0 spiro atoms. The molecule has 1 unspecified atom stereocenters. The van der Waals surface area contributed by atoms with Gasteiger partial charge in [0.25, 0.3) is 0 Å². The molecule has 0 rings (SSSR count). The number of hydrogen-bond acceptors (Lipinski definition) is 4. The summed E-state index contributed by atoms with van der Waals surface area (Å²) >= 11 is 0. The zero-order valence-electron chi connectivity index (χ0n) is 8.73. The molecule has 0 aliphatic heterocycles. The molecule has 3 N–H and O–H groups in total. The second-order valence-electron chi connectivity index (χ2n) is 3.09. The summed E-state index contributed by atoms with van der Waals surface area (Å²) in [5.41, 5.74) is 0. The summed E-state index contributed by atoms with van der Waals surface area (Å²) in [6, 6.07) is 0. The molecule has 0 aromatic heterocycles. The van der Waals surface area contributed by atoms with E-state index >= 15 is 0 Å². The van der Waals surface area contributed by atoms with Crippen molar-refractivity contribution in [2.75, 3.05) is 20.3 Å². The topological polar surface area (TPSA) is 95.9 Å². The van der Waals surface area contributed by atoms with Gasteiger partial charge in [0.1, 0.15) is 0 Å². The van der Waals surface area contributed by atoms with Crippen LogP contribution in [-0.4, -0.2) is 48.5 Å². The lowest BCUT2D eigenvalue weighted by Crippen LogP contribution is -2.30. The predicted molar refractivity (Wildman–Crippen MR) is 52.4 cm³/mol. The summed E-state index contributed by atoms with van der Waals surface area (Å²) in [6.07, 6.45) is -0.420. The van der Waals surface area contributed by atoms with Gasteiger partial charge in [-0.3, -0.25) is 4.79 Å². The van der Waals surface area contributed by atoms with Gasteiger partial charge >= 0.3 is 5.97 Å². The number of carboxylic acids is 1. The van der Waals surface area contributed by atoms with Crippen LogP contribution in [0.25, 0.3) is 0 Å². The molecule has 0 aliphatic carbocycles. The fourth-order valence-electron chi connectivity index (χ4n) is 0.937. The molecular weight excluding hydrogens is 202 g/mol. The van der Waals surface area contributed by atoms with Gasteiger partial charge in [0, 0.05) is 33.1 Å². The normalized spacial score (nSPS) is 12.1. The summed E-state index contributed by atoms with van der Waals surface area (Å²) < 4.78 is 4.77. The Bertz CT molecular complexity index is 207. The van der Waals surface area contributed by atoms with E-state index in [9.17, 15) is 9.59 Å². The first-order valence-corrected chi connectivity index (χ1v) is 4.74. The minimum absolute atomic E-state index is 0.0192. The van der Waals surface area contributed by atoms with Crippen molar-refractivity contribution in [3.8, 4) is 0 Å². The molecule has 0 radical (unpaired) electrons. The largest absolute Gasteiger partial charge is 0.479 e. The molecule has 0 heterocycles. The first-order chi connectivity index (χ1) is 7.07. The molecule has 0 aromatic carbocycles. The fourth-order valence-corrected chi connectivity index (χ4v) is 0.937. The van der Waals surface area contributed by atoms with Crippen LogP contribution in [0, 0.1) is 0 Å². The number of aliphatic hydroxyl groups excluding tert-OH is 1. The highest BCUT2D eigenvalue weighted by Gasteiger charge is 2.12. The first-order valence-electron chi connectivity index (χ1n) is 4.74. The molecule has 0 aromatic rings. The Morgan fingerprint density at radius 2 is 2.13 bits per heavy atom. The van der Waals surface area contributed by atoms with Crippen molar-refractivity contribution >= 4 is 11.9 Å². The number of carbonyl (C=O) groups is 2. The van der Waals surface area contributed by atoms with E-state index < -0.39 is 12.1 Å². The molecular formula is C9H17NO5. The summed E-state index contributed by atoms with van der Waals surface area (Å²) in [4.78, 5) is 21.3. The third-order valence-electron chi connectivity index (χ3n) is 1.78. The zero-order chi connectivity index (χ0) is 11.7. The highest BCUT2D eigenvalue weighted by molar-refractivity contribution is 5.76. The minimum Gasteiger partial charge on any atom is -0.479 e. The van der Waals surface area contributed by atoms with Crippen LogP contribution in [0.5, 0.6) is 0 Å². The number of rotatable bonds is 8. The molecule has 0 aliphatic rings. The van der Waals surface area contributed by atoms with E-state index in [2.05, 4.69) is 5.32 Å². The zero-order valence-corrected chi connectivity index (χ0v) is 8.73. The molecule has 6 nitrogen and oxygen atoms in total. The van der Waals surface area contributed by atoms with E-state index in [0.717, 1.165) is 0 Å². The lowest BCUT2D eigenvalue weighted by atomic mass is 10.2. The van der Waals surface area contributed by atoms with E-state index in [0.29, 0.717) is 19.4 Å². The van der Waals surface area contributed by atoms with E-state index in [1.165, 1.54) is 0 Å². The summed E-state index contributed by atoms with van der Waals surface area (Å²) in [5.74, 6) is -1.44. The van der Waals surface area contributed by atoms with Crippen LogP contribution in [-0.2, 0) is 14.3 Å². The highest BCUT2D eigenvalue weighted by atomic mass is 16.5. The van der Waals surface area contributed by atoms with Gasteiger partial charge in [-0.1, -0.05) is 0 Å². The van der Waals surface area contributed by atoms with E-state index in [1.54, 1.807) is 7.11 Å². The van der Waals surface area contributed by atoms with Crippen molar-refractivity contribution in [2.24, 2.45) is 0 Å². The van der Waals surface area contributed by atoms with Gasteiger partial charge in [0.05, 0.1) is 0 Å². The Morgan fingerprint density at radius 1 is 1.47 bits per heavy atom. The van der Waals surface area contributed by atoms with E-state index in [1.807, 2.05) is 0 Å². The standard InChI is InChI=1S/C9H17NO5/c1-15-6-2-3-8(12)10-5-4-7(11)9(13)14/h7,11H,2-6H2,1H3,(H,10,12)(H,13,14). The van der Waals surface area contributed by atoms with Crippen molar-refractivity contribution in [2.45, 2.75) is 25.4 Å². The lowest BCUT2D eigenvalue weighted by molar-refractivity contribution is -0.147. The lowest BCUT2D eigenvalue weighted by Gasteiger charge is -2.06. The number of hydrogen-bond donors (Lipinski definition) is 3. The number of aliphatic carboxylic acids is 1. The molecule has 0 saturated heterocycles. The van der Waals surface area contributed by atoms with Crippen LogP contribution in [0.15, 0.2) is 0 Å². The van der Waals surface area contributed by atoms with Crippen molar-refractivity contribution in [1.29, 1.82) is 0 Å². The minimum atomic E-state index is -1.41. The Kier molecular flexibility index (Phi) is 7.57. The average Bonchev–Trinajstić information content (AvgIpc) is 2.18. The van der Waals surface area contributed by atoms with Gasteiger partial charge < -0.3 is 20.3 Å². The first kappa shape index (κ1) is 13.9. The molecule has 1 amide bonds. The number of carboxylic acid groups (broad SMARTS) is 1. The smallest absolute Gasteiger partial charge is 0.332 e. The van der Waals surface area contributed by atoms with Gasteiger partial charge in [-0.2, -0.15) is 0 Å². The summed E-state index contributed by atoms with van der Waals surface area (Å²) in [6.45, 7) is 0.685. The van der Waals surface area contributed by atoms with Crippen molar-refractivity contribution in [3.05, 3.63) is 0 Å². The number of amides is 1. The van der Waals surface area contributed by atoms with Crippen molar-refractivity contribution in [1.82, 2.24) is 5.32 Å². The Hall–Kier alpha value is -1.14. The van der Waals surface area contributed by atoms with Crippen LogP contribution in [0.1, 0.15) is 19.3 Å². The average molecular weight is 219 g/mol. The second-order valence-corrected chi connectivity index (χ2v) is 3.09. The Balaban J connectivity index is 3.42. The van der Waals surface area contributed by atoms with Crippen LogP contribution >= 0.6 is 0 Å². The maximum Gasteiger partial charge on any atom is 0.332 e. The highest BCUT2D eigenvalue weighted by Crippen LogP contribution is 1.92. The Labute approximate surface area is 88.2 Å². The van der Waals surface area contributed by atoms with Gasteiger partial charge in [0.15, 0.2) is 6.10 Å². The number of ether oxygens (including phenoxy) is 1. The van der Waals surface area contributed by atoms with Gasteiger partial charge in [0.2, 0.25) is 5.91 Å². The molecule has 6 heteroatoms. The maximum absolute atomic E-state index is 11.1. The van der Waals surface area contributed by atoms with Crippen LogP contribution < -0.4 is 5.32 Å². The van der Waals surface area contributed by atoms with Crippen LogP contribution in [0.3, 0.4) is 0 Å². The molecule has 0 saturated carbocycles. The molecule has 15 heavy (non-hydrogen) atoms. The third kappa shape index (κ3) is 7.90. The number of methoxy groups -OCH3 is 1. The SMILES string of the molecule is COCCCC(=O)NCCC(O)C(=O)O. The van der Waals surface area contributed by atoms with E-state index in [4.69, 9.17) is 14.9 Å². The predicted octanol–water partition coefficient (Wildman–Crippen LogP) is -0.635. The molecule has 88 valence electrons. The van der Waals surface area contributed by atoms with Crippen molar-refractivity contribution in [3.63, 3.8) is 0 Å².